The second-order valence-corrected chi connectivity index (χ2v) is 5.65. The molecule has 1 heterocycles. The van der Waals surface area contributed by atoms with Crippen LogP contribution in [0.4, 0.5) is 4.39 Å². The van der Waals surface area contributed by atoms with Gasteiger partial charge in [0, 0.05) is 19.8 Å². The van der Waals surface area contributed by atoms with E-state index >= 15 is 0 Å². The molecule has 21 heavy (non-hydrogen) atoms. The molecule has 5 heteroatoms. The molecule has 2 aromatic rings. The average molecular weight is 289 g/mol. The van der Waals surface area contributed by atoms with Crippen LogP contribution < -0.4 is 0 Å². The molecule has 0 spiro atoms. The van der Waals surface area contributed by atoms with E-state index in [2.05, 4.69) is 5.10 Å². The summed E-state index contributed by atoms with van der Waals surface area (Å²) in [4.78, 5) is 13.6. The summed E-state index contributed by atoms with van der Waals surface area (Å²) >= 11 is 0. The number of carbonyl (C=O) groups is 1. The Balaban J connectivity index is 2.56. The van der Waals surface area contributed by atoms with Gasteiger partial charge in [-0.25, -0.2) is 9.07 Å². The number of carbonyl (C=O) groups excluding carboxylic acids is 1. The Morgan fingerprint density at radius 2 is 1.95 bits per heavy atom. The first-order chi connectivity index (χ1) is 9.81. The van der Waals surface area contributed by atoms with Crippen LogP contribution in [0.15, 0.2) is 24.3 Å². The van der Waals surface area contributed by atoms with Crippen LogP contribution >= 0.6 is 0 Å². The maximum atomic E-state index is 13.4. The maximum Gasteiger partial charge on any atom is 0.273 e. The molecule has 0 bridgehead atoms. The van der Waals surface area contributed by atoms with E-state index in [0.29, 0.717) is 11.3 Å². The Bertz CT molecular complexity index is 674. The van der Waals surface area contributed by atoms with E-state index in [1.165, 1.54) is 11.0 Å². The van der Waals surface area contributed by atoms with Crippen molar-refractivity contribution in [3.05, 3.63) is 47.0 Å². The van der Waals surface area contributed by atoms with Gasteiger partial charge in [-0.05, 0) is 42.7 Å². The van der Waals surface area contributed by atoms with Crippen LogP contribution in [-0.2, 0) is 0 Å². The van der Waals surface area contributed by atoms with Gasteiger partial charge in [-0.2, -0.15) is 5.10 Å². The Morgan fingerprint density at radius 1 is 1.29 bits per heavy atom. The molecule has 0 fully saturated rings. The van der Waals surface area contributed by atoms with E-state index < -0.39 is 0 Å². The van der Waals surface area contributed by atoms with Crippen molar-refractivity contribution in [3.8, 4) is 5.69 Å². The average Bonchev–Trinajstić information content (AvgIpc) is 2.86. The Hall–Kier alpha value is -2.17. The van der Waals surface area contributed by atoms with Crippen molar-refractivity contribution in [3.63, 3.8) is 0 Å². The zero-order valence-corrected chi connectivity index (χ0v) is 13.0. The highest BCUT2D eigenvalue weighted by molar-refractivity contribution is 5.92. The fraction of sp³-hybridized carbons (Fsp3) is 0.375. The number of nitrogens with zero attached hydrogens (tertiary/aromatic N) is 3. The van der Waals surface area contributed by atoms with Crippen LogP contribution in [0.2, 0.25) is 0 Å². The smallest absolute Gasteiger partial charge is 0.273 e. The van der Waals surface area contributed by atoms with Crippen molar-refractivity contribution >= 4 is 5.91 Å². The fourth-order valence-electron chi connectivity index (χ4n) is 2.11. The first-order valence-corrected chi connectivity index (χ1v) is 6.89. The molecule has 0 radical (unpaired) electrons. The maximum absolute atomic E-state index is 13.4. The Morgan fingerprint density at radius 3 is 2.48 bits per heavy atom. The van der Waals surface area contributed by atoms with Crippen molar-refractivity contribution in [1.82, 2.24) is 14.7 Å². The molecule has 0 N–H and O–H groups in total. The van der Waals surface area contributed by atoms with Crippen LogP contribution in [0, 0.1) is 12.7 Å². The lowest BCUT2D eigenvalue weighted by Gasteiger charge is -2.10. The van der Waals surface area contributed by atoms with E-state index in [9.17, 15) is 9.18 Å². The third-order valence-electron chi connectivity index (χ3n) is 3.34. The first kappa shape index (κ1) is 15.2. The van der Waals surface area contributed by atoms with Gasteiger partial charge in [0.2, 0.25) is 0 Å². The molecule has 1 aromatic carbocycles. The van der Waals surface area contributed by atoms with Crippen LogP contribution in [0.3, 0.4) is 0 Å². The van der Waals surface area contributed by atoms with E-state index in [1.54, 1.807) is 43.9 Å². The molecule has 0 saturated heterocycles. The third-order valence-corrected chi connectivity index (χ3v) is 3.34. The normalized spacial score (nSPS) is 11.0. The molecule has 0 unspecified atom stereocenters. The lowest BCUT2D eigenvalue weighted by atomic mass is 10.1. The van der Waals surface area contributed by atoms with Crippen molar-refractivity contribution in [2.24, 2.45) is 0 Å². The number of aryl methyl sites for hydroxylation is 1. The standard InChI is InChI=1S/C16H20FN3O/c1-10(2)15-9-14(16(21)19(4)5)18-20(15)12-6-7-13(17)11(3)8-12/h6-10H,1-5H3. The molecular formula is C16H20FN3O. The van der Waals surface area contributed by atoms with Crippen molar-refractivity contribution in [1.29, 1.82) is 0 Å². The van der Waals surface area contributed by atoms with E-state index in [-0.39, 0.29) is 17.6 Å². The minimum Gasteiger partial charge on any atom is -0.343 e. The number of hydrogen-bond donors (Lipinski definition) is 0. The zero-order chi connectivity index (χ0) is 15.7. The van der Waals surface area contributed by atoms with Gasteiger partial charge in [-0.15, -0.1) is 0 Å². The Kier molecular flexibility index (Phi) is 4.11. The molecule has 0 aliphatic carbocycles. The number of amides is 1. The van der Waals surface area contributed by atoms with Crippen LogP contribution in [0.25, 0.3) is 5.69 Å². The van der Waals surface area contributed by atoms with Gasteiger partial charge in [0.05, 0.1) is 5.69 Å². The van der Waals surface area contributed by atoms with Gasteiger partial charge in [-0.1, -0.05) is 13.8 Å². The lowest BCUT2D eigenvalue weighted by molar-refractivity contribution is 0.0821. The summed E-state index contributed by atoms with van der Waals surface area (Å²) in [5.41, 5.74) is 2.63. The number of hydrogen-bond acceptors (Lipinski definition) is 2. The number of halogens is 1. The summed E-state index contributed by atoms with van der Waals surface area (Å²) in [6, 6.07) is 6.62. The second-order valence-electron chi connectivity index (χ2n) is 5.65. The van der Waals surface area contributed by atoms with Gasteiger partial charge in [0.15, 0.2) is 5.69 Å². The van der Waals surface area contributed by atoms with Crippen LogP contribution in [0.5, 0.6) is 0 Å². The molecule has 112 valence electrons. The molecule has 0 saturated carbocycles. The van der Waals surface area contributed by atoms with Crippen molar-refractivity contribution in [2.75, 3.05) is 14.1 Å². The van der Waals surface area contributed by atoms with Crippen LogP contribution in [0.1, 0.15) is 41.5 Å². The predicted octanol–water partition coefficient (Wildman–Crippen LogP) is 3.15. The number of rotatable bonds is 3. The summed E-state index contributed by atoms with van der Waals surface area (Å²) < 4.78 is 15.1. The fourth-order valence-corrected chi connectivity index (χ4v) is 2.11. The predicted molar refractivity (Wildman–Crippen MR) is 80.4 cm³/mol. The molecule has 1 aromatic heterocycles. The van der Waals surface area contributed by atoms with E-state index in [1.807, 2.05) is 13.8 Å². The topological polar surface area (TPSA) is 38.1 Å². The minimum atomic E-state index is -0.249. The summed E-state index contributed by atoms with van der Waals surface area (Å²) in [6.07, 6.45) is 0. The lowest BCUT2D eigenvalue weighted by Crippen LogP contribution is -2.22. The van der Waals surface area contributed by atoms with Crippen molar-refractivity contribution < 1.29 is 9.18 Å². The summed E-state index contributed by atoms with van der Waals surface area (Å²) in [7, 11) is 3.39. The third kappa shape index (κ3) is 2.96. The highest BCUT2D eigenvalue weighted by Crippen LogP contribution is 2.22. The van der Waals surface area contributed by atoms with Gasteiger partial charge < -0.3 is 4.90 Å². The summed E-state index contributed by atoms with van der Waals surface area (Å²) in [6.45, 7) is 5.78. The highest BCUT2D eigenvalue weighted by Gasteiger charge is 2.18. The van der Waals surface area contributed by atoms with E-state index in [4.69, 9.17) is 0 Å². The zero-order valence-electron chi connectivity index (χ0n) is 13.0. The molecule has 0 atom stereocenters. The quantitative estimate of drug-likeness (QED) is 0.870. The first-order valence-electron chi connectivity index (χ1n) is 6.89. The highest BCUT2D eigenvalue weighted by atomic mass is 19.1. The molecule has 1 amide bonds. The van der Waals surface area contributed by atoms with Gasteiger partial charge in [-0.3, -0.25) is 4.79 Å². The van der Waals surface area contributed by atoms with Crippen molar-refractivity contribution in [2.45, 2.75) is 26.7 Å². The van der Waals surface area contributed by atoms with Gasteiger partial charge in [0.1, 0.15) is 5.82 Å². The summed E-state index contributed by atoms with van der Waals surface area (Å²) in [5.74, 6) is -0.192. The molecule has 4 nitrogen and oxygen atoms in total. The molecular weight excluding hydrogens is 269 g/mol. The van der Waals surface area contributed by atoms with Crippen LogP contribution in [-0.4, -0.2) is 34.7 Å². The second kappa shape index (κ2) is 5.68. The minimum absolute atomic E-state index is 0.144. The summed E-state index contributed by atoms with van der Waals surface area (Å²) in [5, 5.41) is 4.40. The Labute approximate surface area is 124 Å². The van der Waals surface area contributed by atoms with Gasteiger partial charge >= 0.3 is 0 Å². The van der Waals surface area contributed by atoms with Gasteiger partial charge in [0.25, 0.3) is 5.91 Å². The molecule has 0 aliphatic heterocycles. The monoisotopic (exact) mass is 289 g/mol. The molecule has 2 rings (SSSR count). The largest absolute Gasteiger partial charge is 0.343 e. The number of aromatic nitrogens is 2. The SMILES string of the molecule is Cc1cc(-n2nc(C(=O)N(C)C)cc2C(C)C)ccc1F. The molecule has 0 aliphatic rings. The van der Waals surface area contributed by atoms with E-state index in [0.717, 1.165) is 11.4 Å². The number of benzene rings is 1.